The van der Waals surface area contributed by atoms with E-state index in [0.29, 0.717) is 5.56 Å². The lowest BCUT2D eigenvalue weighted by Crippen LogP contribution is -2.67. The van der Waals surface area contributed by atoms with Crippen LogP contribution in [-0.4, -0.2) is 147 Å². The molecule has 1 N–H and O–H groups in total. The molecule has 12 atom stereocenters. The third-order valence-electron chi connectivity index (χ3n) is 11.8. The first-order valence-corrected chi connectivity index (χ1v) is 23.8. The lowest BCUT2D eigenvalue weighted by atomic mass is 9.96. The van der Waals surface area contributed by atoms with Gasteiger partial charge in [0.15, 0.2) is 55.2 Å². The monoisotopic (exact) mass is 1050 g/mol. The normalized spacial score (nSPS) is 24.5. The van der Waals surface area contributed by atoms with Crippen LogP contribution in [0.25, 0.3) is 11.1 Å². The minimum absolute atomic E-state index is 0.155. The van der Waals surface area contributed by atoms with Crippen molar-refractivity contribution in [3.63, 3.8) is 0 Å². The number of rotatable bonds is 20. The van der Waals surface area contributed by atoms with Crippen molar-refractivity contribution in [1.29, 1.82) is 0 Å². The largest absolute Gasteiger partial charge is 0.463 e. The van der Waals surface area contributed by atoms with Crippen LogP contribution in [0.4, 0.5) is 4.79 Å². The number of carbonyl (C=O) groups excluding carboxylic acids is 9. The Balaban J connectivity index is 1.40. The second kappa shape index (κ2) is 26.1. The van der Waals surface area contributed by atoms with Crippen molar-refractivity contribution in [2.24, 2.45) is 0 Å². The molecule has 2 aliphatic heterocycles. The van der Waals surface area contributed by atoms with Crippen molar-refractivity contribution in [3.8, 4) is 11.1 Å². The van der Waals surface area contributed by atoms with Crippen molar-refractivity contribution < 1.29 is 105 Å². The van der Waals surface area contributed by atoms with Crippen molar-refractivity contribution >= 4 is 53.8 Å². The van der Waals surface area contributed by atoms with Crippen LogP contribution in [0.15, 0.2) is 78.9 Å². The SMILES string of the molecule is CC(=O)OC[C@H]1O[C@H](O[C@@H]2[C@@H](O[C@H](C)[C@H](NC(=O)OCC3c4ccccc4-c4ccccc43)C(=O)OCc3ccccc3)O[C@H](COC(C)=O)[C@@H](OC(C)=O)[C@@H]2OC(C)=O)[C@@H](OC(C)=O)[C@@H](OC(C)=O)[C@@H]1OC(C)=O. The van der Waals surface area contributed by atoms with Gasteiger partial charge in [-0.15, -0.1) is 0 Å². The fourth-order valence-electron chi connectivity index (χ4n) is 8.82. The van der Waals surface area contributed by atoms with E-state index in [-0.39, 0.29) is 19.1 Å². The summed E-state index contributed by atoms with van der Waals surface area (Å²) in [5.74, 6) is -7.84. The van der Waals surface area contributed by atoms with Gasteiger partial charge in [0, 0.05) is 54.4 Å². The summed E-state index contributed by atoms with van der Waals surface area (Å²) in [6, 6.07) is 22.2. The molecule has 0 bridgehead atoms. The predicted octanol–water partition coefficient (Wildman–Crippen LogP) is 3.66. The molecule has 1 aliphatic carbocycles. The number of hydrogen-bond donors (Lipinski definition) is 1. The Bertz CT molecular complexity index is 2510. The van der Waals surface area contributed by atoms with E-state index in [1.54, 1.807) is 30.3 Å². The van der Waals surface area contributed by atoms with Gasteiger partial charge in [-0.1, -0.05) is 78.9 Å². The number of fused-ring (bicyclic) bond motifs is 3. The van der Waals surface area contributed by atoms with Gasteiger partial charge in [0.05, 0.1) is 6.10 Å². The van der Waals surface area contributed by atoms with E-state index >= 15 is 0 Å². The van der Waals surface area contributed by atoms with Gasteiger partial charge >= 0.3 is 53.8 Å². The molecule has 23 heteroatoms. The molecule has 6 rings (SSSR count). The number of carbonyl (C=O) groups is 9. The molecule has 3 aromatic carbocycles. The number of benzene rings is 3. The zero-order valence-electron chi connectivity index (χ0n) is 42.3. The van der Waals surface area contributed by atoms with Crippen LogP contribution in [0.3, 0.4) is 0 Å². The molecule has 75 heavy (non-hydrogen) atoms. The molecule has 23 nitrogen and oxygen atoms in total. The van der Waals surface area contributed by atoms with Crippen LogP contribution in [0.5, 0.6) is 0 Å². The molecule has 0 saturated carbocycles. The highest BCUT2D eigenvalue weighted by Gasteiger charge is 2.58. The van der Waals surface area contributed by atoms with E-state index in [1.165, 1.54) is 6.92 Å². The Morgan fingerprint density at radius 3 is 1.41 bits per heavy atom. The van der Waals surface area contributed by atoms with Crippen molar-refractivity contribution in [3.05, 3.63) is 95.6 Å². The Morgan fingerprint density at radius 1 is 0.480 bits per heavy atom. The summed E-state index contributed by atoms with van der Waals surface area (Å²) in [6.45, 7) is 6.80. The summed E-state index contributed by atoms with van der Waals surface area (Å²) in [4.78, 5) is 116. The van der Waals surface area contributed by atoms with Crippen molar-refractivity contribution in [1.82, 2.24) is 5.32 Å². The lowest BCUT2D eigenvalue weighted by Gasteiger charge is -2.49. The summed E-state index contributed by atoms with van der Waals surface area (Å²) in [7, 11) is 0. The summed E-state index contributed by atoms with van der Waals surface area (Å²) in [5.41, 5.74) is 4.35. The van der Waals surface area contributed by atoms with Crippen LogP contribution in [0.1, 0.15) is 78.0 Å². The number of ether oxygens (including phenoxy) is 13. The van der Waals surface area contributed by atoms with Gasteiger partial charge in [-0.25, -0.2) is 9.59 Å². The Morgan fingerprint density at radius 2 is 0.920 bits per heavy atom. The maximum Gasteiger partial charge on any atom is 0.407 e. The third-order valence-corrected chi connectivity index (χ3v) is 11.8. The molecule has 404 valence electrons. The minimum atomic E-state index is -1.99. The van der Waals surface area contributed by atoms with Crippen LogP contribution < -0.4 is 5.32 Å². The standard InChI is InChI=1S/C52H59NO22/c1-26(42(49(61)65-22-34-16-10-9-11-17-34)53-52(62)66-23-39-37-20-14-12-18-35(37)36-19-13-15-21-38(36)39)67-50-48(46(71-32(7)59)44(69-30(5)57)40(73-50)24-63-27(2)54)75-51-47(72-33(8)60)45(70-31(6)58)43(68-29(4)56)41(74-51)25-64-28(3)55/h9-21,26,39-48,50-51H,22-25H2,1-8H3,(H,53,62)/t26-,40-,41-,42+,43-,44-,45+,46+,47+,48+,50+,51-/m1/s1. The average molecular weight is 1050 g/mol. The number of alkyl carbamates (subject to hydrolysis) is 1. The maximum atomic E-state index is 14.3. The predicted molar refractivity (Wildman–Crippen MR) is 252 cm³/mol. The highest BCUT2D eigenvalue weighted by atomic mass is 16.8. The average Bonchev–Trinajstić information content (AvgIpc) is 3.67. The topological polar surface area (TPSA) is 286 Å². The van der Waals surface area contributed by atoms with Gasteiger partial charge in [-0.3, -0.25) is 33.6 Å². The molecule has 2 fully saturated rings. The van der Waals surface area contributed by atoms with Gasteiger partial charge in [0.2, 0.25) is 0 Å². The second-order valence-electron chi connectivity index (χ2n) is 17.5. The van der Waals surface area contributed by atoms with Crippen molar-refractivity contribution in [2.45, 2.75) is 141 Å². The summed E-state index contributed by atoms with van der Waals surface area (Å²) < 4.78 is 75.6. The van der Waals surface area contributed by atoms with E-state index in [0.717, 1.165) is 70.7 Å². The molecule has 0 spiro atoms. The third kappa shape index (κ3) is 15.3. The first-order chi connectivity index (χ1) is 35.7. The maximum absolute atomic E-state index is 14.3. The number of amides is 1. The van der Waals surface area contributed by atoms with Gasteiger partial charge in [0.1, 0.15) is 38.6 Å². The molecule has 2 heterocycles. The lowest BCUT2D eigenvalue weighted by molar-refractivity contribution is -0.372. The van der Waals surface area contributed by atoms with E-state index in [4.69, 9.17) is 61.6 Å². The zero-order valence-corrected chi connectivity index (χ0v) is 42.3. The smallest absolute Gasteiger partial charge is 0.407 e. The van der Waals surface area contributed by atoms with E-state index in [9.17, 15) is 43.2 Å². The molecule has 1 amide bonds. The van der Waals surface area contributed by atoms with E-state index in [2.05, 4.69) is 5.32 Å². The van der Waals surface area contributed by atoms with E-state index in [1.807, 2.05) is 48.5 Å². The first kappa shape index (κ1) is 56.8. The first-order valence-electron chi connectivity index (χ1n) is 23.8. The molecule has 2 saturated heterocycles. The fourth-order valence-corrected chi connectivity index (χ4v) is 8.82. The van der Waals surface area contributed by atoms with Gasteiger partial charge in [-0.2, -0.15) is 0 Å². The van der Waals surface area contributed by atoms with Crippen LogP contribution >= 0.6 is 0 Å². The summed E-state index contributed by atoms with van der Waals surface area (Å²) in [6.07, 6.45) is -20.3. The molecular formula is C52H59NO22. The van der Waals surface area contributed by atoms with Crippen LogP contribution in [0, 0.1) is 0 Å². The molecular weight excluding hydrogens is 991 g/mol. The highest BCUT2D eigenvalue weighted by molar-refractivity contribution is 5.83. The Hall–Kier alpha value is -7.47. The molecule has 3 aromatic rings. The second-order valence-corrected chi connectivity index (χ2v) is 17.5. The van der Waals surface area contributed by atoms with Gasteiger partial charge in [0.25, 0.3) is 0 Å². The Labute approximate surface area is 430 Å². The quantitative estimate of drug-likeness (QED) is 0.125. The van der Waals surface area contributed by atoms with E-state index < -0.39 is 141 Å². The molecule has 0 unspecified atom stereocenters. The number of hydrogen-bond acceptors (Lipinski definition) is 22. The molecule has 0 aromatic heterocycles. The highest BCUT2D eigenvalue weighted by Crippen LogP contribution is 2.44. The van der Waals surface area contributed by atoms with Crippen LogP contribution in [0.2, 0.25) is 0 Å². The summed E-state index contributed by atoms with van der Waals surface area (Å²) in [5, 5.41) is 2.55. The van der Waals surface area contributed by atoms with Gasteiger partial charge in [-0.05, 0) is 34.7 Å². The Kier molecular flexibility index (Phi) is 19.8. The number of nitrogens with one attached hydrogen (secondary N) is 1. The molecule has 3 aliphatic rings. The molecule has 0 radical (unpaired) electrons. The van der Waals surface area contributed by atoms with Crippen molar-refractivity contribution in [2.75, 3.05) is 19.8 Å². The van der Waals surface area contributed by atoms with Gasteiger partial charge < -0.3 is 66.9 Å². The fraction of sp³-hybridized carbons (Fsp3) is 0.481. The zero-order chi connectivity index (χ0) is 54.5. The number of esters is 8. The minimum Gasteiger partial charge on any atom is -0.463 e. The summed E-state index contributed by atoms with van der Waals surface area (Å²) >= 11 is 0. The van der Waals surface area contributed by atoms with Crippen LogP contribution in [-0.2, 0) is 107 Å².